The number of hydrogen-bond acceptors (Lipinski definition) is 1. The summed E-state index contributed by atoms with van der Waals surface area (Å²) >= 11 is 17.6. The molecular weight excluding hydrogens is 295 g/mol. The molecule has 0 aliphatic heterocycles. The molecule has 1 aromatic heterocycles. The summed E-state index contributed by atoms with van der Waals surface area (Å²) in [6.45, 7) is -2.12. The molecule has 0 aliphatic carbocycles. The van der Waals surface area contributed by atoms with Crippen molar-refractivity contribution in [2.75, 3.05) is 5.33 Å². The van der Waals surface area contributed by atoms with Crippen LogP contribution in [0.2, 0.25) is 6.04 Å². The number of hydrogen-bond donors (Lipinski definition) is 0. The molecule has 0 fully saturated rings. The molecule has 0 saturated carbocycles. The molecular formula is C7H9BrCl2SSi. The Balaban J connectivity index is 2.59. The number of thiophene rings is 1. The van der Waals surface area contributed by atoms with E-state index in [4.69, 9.17) is 22.2 Å². The average Bonchev–Trinajstić information content (AvgIpc) is 2.53. The minimum atomic E-state index is -2.12. The molecule has 0 amide bonds. The summed E-state index contributed by atoms with van der Waals surface area (Å²) in [5, 5.41) is 3.00. The van der Waals surface area contributed by atoms with Crippen LogP contribution in [-0.4, -0.2) is 12.0 Å². The largest absolute Gasteiger partial charge is 0.290 e. The molecule has 0 N–H and O–H groups in total. The van der Waals surface area contributed by atoms with Gasteiger partial charge in [0, 0.05) is 9.83 Å². The highest BCUT2D eigenvalue weighted by Crippen LogP contribution is 2.24. The van der Waals surface area contributed by atoms with Crippen LogP contribution >= 0.6 is 49.4 Å². The zero-order valence-corrected chi connectivity index (χ0v) is 11.3. The van der Waals surface area contributed by atoms with E-state index in [1.807, 2.05) is 17.5 Å². The molecule has 0 spiro atoms. The van der Waals surface area contributed by atoms with Gasteiger partial charge in [0.05, 0.1) is 0 Å². The van der Waals surface area contributed by atoms with Gasteiger partial charge in [-0.25, -0.2) is 0 Å². The molecule has 0 aromatic carbocycles. The second kappa shape index (κ2) is 5.01. The van der Waals surface area contributed by atoms with Crippen molar-refractivity contribution in [2.24, 2.45) is 0 Å². The lowest BCUT2D eigenvalue weighted by atomic mass is 10.6. The van der Waals surface area contributed by atoms with Gasteiger partial charge in [0.1, 0.15) is 0 Å². The van der Waals surface area contributed by atoms with Crippen LogP contribution in [0, 0.1) is 0 Å². The highest BCUT2D eigenvalue weighted by Gasteiger charge is 2.31. The van der Waals surface area contributed by atoms with Gasteiger partial charge in [-0.15, -0.1) is 22.2 Å². The molecule has 1 aromatic rings. The monoisotopic (exact) mass is 302 g/mol. The van der Waals surface area contributed by atoms with Crippen molar-refractivity contribution in [1.82, 2.24) is 0 Å². The molecule has 12 heavy (non-hydrogen) atoms. The summed E-state index contributed by atoms with van der Waals surface area (Å²) in [6.07, 6.45) is 1.05. The molecule has 0 aliphatic rings. The fourth-order valence-electron chi connectivity index (χ4n) is 0.899. The van der Waals surface area contributed by atoms with Gasteiger partial charge in [0.2, 0.25) is 0 Å². The first-order valence-corrected chi connectivity index (χ1v) is 9.88. The third kappa shape index (κ3) is 3.03. The van der Waals surface area contributed by atoms with Gasteiger partial charge in [0.15, 0.2) is 0 Å². The fraction of sp³-hybridized carbons (Fsp3) is 0.429. The highest BCUT2D eigenvalue weighted by molar-refractivity contribution is 9.09. The van der Waals surface area contributed by atoms with Crippen LogP contribution in [-0.2, 0) is 0 Å². The Bertz CT molecular complexity index is 225. The molecule has 68 valence electrons. The molecule has 0 unspecified atom stereocenters. The number of rotatable bonds is 4. The van der Waals surface area contributed by atoms with E-state index in [2.05, 4.69) is 15.9 Å². The summed E-state index contributed by atoms with van der Waals surface area (Å²) in [7, 11) is 0. The Hall–Kier alpha value is 0.977. The highest BCUT2D eigenvalue weighted by atomic mass is 79.9. The zero-order valence-electron chi connectivity index (χ0n) is 6.40. The number of halogens is 3. The topological polar surface area (TPSA) is 0 Å². The SMILES string of the molecule is Cl[Si](Cl)(CCCBr)c1cccs1. The Morgan fingerprint density at radius 3 is 2.75 bits per heavy atom. The molecule has 1 rings (SSSR count). The van der Waals surface area contributed by atoms with Crippen LogP contribution in [0.1, 0.15) is 6.42 Å². The molecule has 0 atom stereocenters. The van der Waals surface area contributed by atoms with Crippen molar-refractivity contribution < 1.29 is 0 Å². The maximum atomic E-state index is 6.28. The summed E-state index contributed by atoms with van der Waals surface area (Å²) in [5.74, 6) is 0. The quantitative estimate of drug-likeness (QED) is 0.452. The molecule has 0 radical (unpaired) electrons. The lowest BCUT2D eigenvalue weighted by Crippen LogP contribution is -2.33. The van der Waals surface area contributed by atoms with Gasteiger partial charge >= 0.3 is 0 Å². The first-order valence-electron chi connectivity index (χ1n) is 3.64. The van der Waals surface area contributed by atoms with Gasteiger partial charge in [0.25, 0.3) is 6.69 Å². The Morgan fingerprint density at radius 2 is 2.25 bits per heavy atom. The van der Waals surface area contributed by atoms with Crippen LogP contribution < -0.4 is 4.50 Å². The first-order chi connectivity index (χ1) is 5.67. The van der Waals surface area contributed by atoms with Crippen molar-refractivity contribution in [3.8, 4) is 0 Å². The Labute approximate surface area is 95.4 Å². The van der Waals surface area contributed by atoms with Crippen molar-refractivity contribution >= 4 is 60.6 Å². The maximum Gasteiger partial charge on any atom is 0.290 e. The second-order valence-corrected chi connectivity index (χ2v) is 11.5. The van der Waals surface area contributed by atoms with E-state index in [1.54, 1.807) is 11.3 Å². The second-order valence-electron chi connectivity index (χ2n) is 2.47. The van der Waals surface area contributed by atoms with Crippen LogP contribution in [0.3, 0.4) is 0 Å². The van der Waals surface area contributed by atoms with Crippen molar-refractivity contribution in [3.05, 3.63) is 17.5 Å². The van der Waals surface area contributed by atoms with Crippen LogP contribution in [0.15, 0.2) is 17.5 Å². The Kier molecular flexibility index (Phi) is 4.61. The van der Waals surface area contributed by atoms with E-state index in [0.29, 0.717) is 0 Å². The van der Waals surface area contributed by atoms with Crippen molar-refractivity contribution in [3.63, 3.8) is 0 Å². The van der Waals surface area contributed by atoms with E-state index in [-0.39, 0.29) is 0 Å². The summed E-state index contributed by atoms with van der Waals surface area (Å²) < 4.78 is 1.17. The smallest absolute Gasteiger partial charge is 0.151 e. The molecule has 0 nitrogen and oxygen atoms in total. The lowest BCUT2D eigenvalue weighted by molar-refractivity contribution is 1.10. The molecule has 5 heteroatoms. The van der Waals surface area contributed by atoms with Crippen LogP contribution in [0.4, 0.5) is 0 Å². The van der Waals surface area contributed by atoms with Crippen LogP contribution in [0.25, 0.3) is 0 Å². The standard InChI is InChI=1S/C7H9BrCl2SSi/c8-4-2-6-12(9,10)7-3-1-5-11-7/h1,3,5H,2,4,6H2. The average molecular weight is 304 g/mol. The van der Waals surface area contributed by atoms with E-state index >= 15 is 0 Å². The maximum absolute atomic E-state index is 6.28. The third-order valence-corrected chi connectivity index (χ3v) is 9.05. The predicted octanol–water partition coefficient (Wildman–Crippen LogP) is 3.66. The Morgan fingerprint density at radius 1 is 1.50 bits per heavy atom. The predicted molar refractivity (Wildman–Crippen MR) is 64.6 cm³/mol. The zero-order chi connectivity index (χ0) is 9.03. The van der Waals surface area contributed by atoms with Crippen LogP contribution in [0.5, 0.6) is 0 Å². The van der Waals surface area contributed by atoms with Gasteiger partial charge in [-0.3, -0.25) is 0 Å². The van der Waals surface area contributed by atoms with Crippen molar-refractivity contribution in [2.45, 2.75) is 12.5 Å². The minimum absolute atomic E-state index is 0.932. The first kappa shape index (κ1) is 11.1. The normalized spacial score (nSPS) is 11.9. The van der Waals surface area contributed by atoms with Gasteiger partial charge in [-0.2, -0.15) is 11.3 Å². The number of alkyl halides is 1. The van der Waals surface area contributed by atoms with E-state index < -0.39 is 6.69 Å². The van der Waals surface area contributed by atoms with Gasteiger partial charge in [-0.05, 0) is 23.9 Å². The van der Waals surface area contributed by atoms with E-state index in [0.717, 1.165) is 17.8 Å². The third-order valence-electron chi connectivity index (χ3n) is 1.51. The molecule has 1 heterocycles. The molecule has 0 saturated heterocycles. The minimum Gasteiger partial charge on any atom is -0.151 e. The van der Waals surface area contributed by atoms with Gasteiger partial charge < -0.3 is 0 Å². The lowest BCUT2D eigenvalue weighted by Gasteiger charge is -2.13. The van der Waals surface area contributed by atoms with Gasteiger partial charge in [-0.1, -0.05) is 22.0 Å². The van der Waals surface area contributed by atoms with Crippen molar-refractivity contribution in [1.29, 1.82) is 0 Å². The summed E-state index contributed by atoms with van der Waals surface area (Å²) in [4.78, 5) is 0. The molecule has 0 bridgehead atoms. The summed E-state index contributed by atoms with van der Waals surface area (Å²) in [6, 6.07) is 4.97. The summed E-state index contributed by atoms with van der Waals surface area (Å²) in [5.41, 5.74) is 0. The van der Waals surface area contributed by atoms with E-state index in [9.17, 15) is 0 Å². The fourth-order valence-corrected chi connectivity index (χ4v) is 6.55. The van der Waals surface area contributed by atoms with E-state index in [1.165, 1.54) is 4.50 Å².